The van der Waals surface area contributed by atoms with Crippen LogP contribution in [0.1, 0.15) is 25.0 Å². The smallest absolute Gasteiger partial charge is 0.262 e. The molecule has 0 heterocycles. The van der Waals surface area contributed by atoms with Crippen molar-refractivity contribution in [1.82, 2.24) is 5.43 Å². The third kappa shape index (κ3) is 8.99. The van der Waals surface area contributed by atoms with E-state index in [4.69, 9.17) is 9.47 Å². The number of para-hydroxylation sites is 1. The Balaban J connectivity index is 1.68. The Morgan fingerprint density at radius 2 is 1.73 bits per heavy atom. The number of nitrogens with one attached hydrogen (secondary N) is 3. The summed E-state index contributed by atoms with van der Waals surface area (Å²) in [5, 5.41) is 8.94. The fraction of sp³-hybridized carbons (Fsp3) is 0.200. The summed E-state index contributed by atoms with van der Waals surface area (Å²) in [6.45, 7) is 6.88. The number of anilines is 2. The molecular weight excluding hydrogens is 534 g/mol. The number of carbonyl (C=O) groups excluding carboxylic acids is 3. The Bertz CT molecular complexity index is 1430. The molecule has 0 aromatic heterocycles. The molecule has 3 aromatic rings. The average Bonchev–Trinajstić information content (AvgIpc) is 2.95. The van der Waals surface area contributed by atoms with Crippen molar-refractivity contribution < 1.29 is 32.6 Å². The summed E-state index contributed by atoms with van der Waals surface area (Å²) in [5.74, 6) is -3.36. The lowest BCUT2D eigenvalue weighted by Crippen LogP contribution is -2.34. The first-order valence-electron chi connectivity index (χ1n) is 12.7. The third-order valence-corrected chi connectivity index (χ3v) is 5.60. The monoisotopic (exact) mass is 564 g/mol. The van der Waals surface area contributed by atoms with E-state index in [9.17, 15) is 23.2 Å². The zero-order valence-corrected chi connectivity index (χ0v) is 22.6. The molecule has 1 unspecified atom stereocenters. The Kier molecular flexibility index (Phi) is 11.1. The molecule has 0 saturated heterocycles. The fourth-order valence-electron chi connectivity index (χ4n) is 3.55. The first kappa shape index (κ1) is 30.5. The Morgan fingerprint density at radius 3 is 2.41 bits per heavy atom. The average molecular weight is 565 g/mol. The number of carbonyl (C=O) groups is 3. The Labute approximate surface area is 236 Å². The highest BCUT2D eigenvalue weighted by Crippen LogP contribution is 2.33. The second-order valence-corrected chi connectivity index (χ2v) is 8.70. The van der Waals surface area contributed by atoms with E-state index in [-0.39, 0.29) is 12.3 Å². The van der Waals surface area contributed by atoms with E-state index in [1.165, 1.54) is 55.6 Å². The SMILES string of the molecule is C=CCc1cc(C=NNC(=O)C(C)C(=O)Nc2ccccc2F)cc(OCC)c1OCC(=O)Nc1ccc(F)cc1. The van der Waals surface area contributed by atoms with Gasteiger partial charge in [-0.05, 0) is 74.4 Å². The molecule has 11 heteroatoms. The van der Waals surface area contributed by atoms with E-state index < -0.39 is 35.3 Å². The van der Waals surface area contributed by atoms with Crippen molar-refractivity contribution in [3.05, 3.63) is 96.1 Å². The number of amides is 3. The van der Waals surface area contributed by atoms with Gasteiger partial charge in [0, 0.05) is 11.3 Å². The molecular formula is C30H30F2N4O5. The molecule has 3 N–H and O–H groups in total. The predicted molar refractivity (Wildman–Crippen MR) is 152 cm³/mol. The molecule has 1 atom stereocenters. The van der Waals surface area contributed by atoms with Crippen LogP contribution in [0.3, 0.4) is 0 Å². The summed E-state index contributed by atoms with van der Waals surface area (Å²) in [4.78, 5) is 37.2. The molecule has 0 aliphatic rings. The van der Waals surface area contributed by atoms with Crippen molar-refractivity contribution in [2.24, 2.45) is 11.0 Å². The van der Waals surface area contributed by atoms with Gasteiger partial charge >= 0.3 is 0 Å². The number of halogens is 2. The van der Waals surface area contributed by atoms with Crippen LogP contribution in [0.5, 0.6) is 11.5 Å². The number of hydrogen-bond acceptors (Lipinski definition) is 6. The van der Waals surface area contributed by atoms with Crippen LogP contribution in [0, 0.1) is 17.6 Å². The van der Waals surface area contributed by atoms with Gasteiger partial charge in [-0.2, -0.15) is 5.10 Å². The zero-order valence-electron chi connectivity index (χ0n) is 22.6. The lowest BCUT2D eigenvalue weighted by atomic mass is 10.1. The molecule has 0 radical (unpaired) electrons. The topological polar surface area (TPSA) is 118 Å². The predicted octanol–water partition coefficient (Wildman–Crippen LogP) is 4.83. The first-order valence-corrected chi connectivity index (χ1v) is 12.7. The van der Waals surface area contributed by atoms with Gasteiger partial charge in [0.15, 0.2) is 18.1 Å². The molecule has 3 aromatic carbocycles. The van der Waals surface area contributed by atoms with Crippen LogP contribution >= 0.6 is 0 Å². The van der Waals surface area contributed by atoms with Gasteiger partial charge in [0.2, 0.25) is 5.91 Å². The van der Waals surface area contributed by atoms with Crippen molar-refractivity contribution in [2.75, 3.05) is 23.8 Å². The summed E-state index contributed by atoms with van der Waals surface area (Å²) in [5.41, 5.74) is 3.87. The van der Waals surface area contributed by atoms with Gasteiger partial charge in [-0.3, -0.25) is 14.4 Å². The molecule has 0 aliphatic carbocycles. The minimum atomic E-state index is -1.15. The minimum absolute atomic E-state index is 0.0332. The fourth-order valence-corrected chi connectivity index (χ4v) is 3.55. The summed E-state index contributed by atoms with van der Waals surface area (Å²) >= 11 is 0. The number of allylic oxidation sites excluding steroid dienone is 1. The highest BCUT2D eigenvalue weighted by molar-refractivity contribution is 6.06. The molecule has 214 valence electrons. The minimum Gasteiger partial charge on any atom is -0.490 e. The van der Waals surface area contributed by atoms with Crippen LogP contribution < -0.4 is 25.5 Å². The molecule has 0 fully saturated rings. The molecule has 0 aliphatic heterocycles. The third-order valence-electron chi connectivity index (χ3n) is 5.60. The highest BCUT2D eigenvalue weighted by atomic mass is 19.1. The van der Waals surface area contributed by atoms with Crippen LogP contribution in [0.25, 0.3) is 0 Å². The van der Waals surface area contributed by atoms with Gasteiger partial charge < -0.3 is 20.1 Å². The van der Waals surface area contributed by atoms with Crippen LogP contribution in [0.4, 0.5) is 20.2 Å². The lowest BCUT2D eigenvalue weighted by molar-refractivity contribution is -0.131. The first-order chi connectivity index (χ1) is 19.7. The molecule has 0 bridgehead atoms. The summed E-state index contributed by atoms with van der Waals surface area (Å²) in [7, 11) is 0. The zero-order chi connectivity index (χ0) is 29.8. The molecule has 0 spiro atoms. The normalized spacial score (nSPS) is 11.4. The second kappa shape index (κ2) is 14.9. The molecule has 9 nitrogen and oxygen atoms in total. The number of rotatable bonds is 13. The summed E-state index contributed by atoms with van der Waals surface area (Å²) in [6, 6.07) is 14.3. The van der Waals surface area contributed by atoms with Crippen LogP contribution in [-0.4, -0.2) is 37.1 Å². The molecule has 3 amide bonds. The number of benzene rings is 3. The second-order valence-electron chi connectivity index (χ2n) is 8.70. The van der Waals surface area contributed by atoms with E-state index in [0.717, 1.165) is 0 Å². The van der Waals surface area contributed by atoms with E-state index >= 15 is 0 Å². The van der Waals surface area contributed by atoms with Crippen LogP contribution in [0.15, 0.2) is 78.4 Å². The maximum Gasteiger partial charge on any atom is 0.262 e. The van der Waals surface area contributed by atoms with Crippen molar-refractivity contribution >= 4 is 35.3 Å². The van der Waals surface area contributed by atoms with Gasteiger partial charge in [0.05, 0.1) is 18.5 Å². The Morgan fingerprint density at radius 1 is 1.00 bits per heavy atom. The van der Waals surface area contributed by atoms with Gasteiger partial charge in [0.25, 0.3) is 11.8 Å². The van der Waals surface area contributed by atoms with Gasteiger partial charge in [-0.15, -0.1) is 6.58 Å². The summed E-state index contributed by atoms with van der Waals surface area (Å²) in [6.07, 6.45) is 3.38. The van der Waals surface area contributed by atoms with Gasteiger partial charge in [0.1, 0.15) is 17.6 Å². The maximum atomic E-state index is 13.8. The summed E-state index contributed by atoms with van der Waals surface area (Å²) < 4.78 is 38.4. The Hall–Kier alpha value is -5.06. The molecule has 0 saturated carbocycles. The molecule has 3 rings (SSSR count). The number of ether oxygens (including phenoxy) is 2. The van der Waals surface area contributed by atoms with Crippen molar-refractivity contribution in [3.63, 3.8) is 0 Å². The van der Waals surface area contributed by atoms with Crippen molar-refractivity contribution in [2.45, 2.75) is 20.3 Å². The van der Waals surface area contributed by atoms with E-state index in [0.29, 0.717) is 41.3 Å². The van der Waals surface area contributed by atoms with Crippen LogP contribution in [-0.2, 0) is 20.8 Å². The van der Waals surface area contributed by atoms with E-state index in [2.05, 4.69) is 27.7 Å². The van der Waals surface area contributed by atoms with E-state index in [1.807, 2.05) is 0 Å². The van der Waals surface area contributed by atoms with Gasteiger partial charge in [-0.25, -0.2) is 14.2 Å². The molecule has 41 heavy (non-hydrogen) atoms. The van der Waals surface area contributed by atoms with Gasteiger partial charge in [-0.1, -0.05) is 18.2 Å². The quantitative estimate of drug-likeness (QED) is 0.119. The highest BCUT2D eigenvalue weighted by Gasteiger charge is 2.22. The number of hydrazone groups is 1. The standard InChI is InChI=1S/C30H30F2N4O5/c1-4-8-21-15-20(17-33-36-30(39)19(3)29(38)35-25-10-7-6-9-24(25)32)16-26(40-5-2)28(21)41-18-27(37)34-23-13-11-22(31)12-14-23/h4,6-7,9-17,19H,1,5,8,18H2,2-3H3,(H,34,37)(H,35,38)(H,36,39). The van der Waals surface area contributed by atoms with E-state index in [1.54, 1.807) is 31.2 Å². The van der Waals surface area contributed by atoms with Crippen molar-refractivity contribution in [1.29, 1.82) is 0 Å². The number of nitrogens with zero attached hydrogens (tertiary/aromatic N) is 1. The number of hydrogen-bond donors (Lipinski definition) is 3. The lowest BCUT2D eigenvalue weighted by Gasteiger charge is -2.16. The maximum absolute atomic E-state index is 13.8. The van der Waals surface area contributed by atoms with Crippen LogP contribution in [0.2, 0.25) is 0 Å². The van der Waals surface area contributed by atoms with Crippen molar-refractivity contribution in [3.8, 4) is 11.5 Å². The largest absolute Gasteiger partial charge is 0.490 e.